The van der Waals surface area contributed by atoms with E-state index in [1.165, 1.54) is 27.7 Å². The maximum absolute atomic E-state index is 9.99. The van der Waals surface area contributed by atoms with Crippen LogP contribution in [0.5, 0.6) is 0 Å². The Morgan fingerprint density at radius 1 is 1.36 bits per heavy atom. The van der Waals surface area contributed by atoms with Crippen LogP contribution >= 0.6 is 0 Å². The largest absolute Gasteiger partial charge is 0.396 e. The highest BCUT2D eigenvalue weighted by Crippen LogP contribution is 2.53. The molecule has 4 aliphatic heterocycles. The first-order valence-corrected chi connectivity index (χ1v) is 8.43. The van der Waals surface area contributed by atoms with Gasteiger partial charge in [0.2, 0.25) is 0 Å². The van der Waals surface area contributed by atoms with E-state index in [0.717, 1.165) is 19.4 Å². The van der Waals surface area contributed by atoms with Crippen LogP contribution in [-0.4, -0.2) is 34.2 Å². The predicted molar refractivity (Wildman–Crippen MR) is 87.7 cm³/mol. The monoisotopic (exact) mass is 294 g/mol. The quantitative estimate of drug-likeness (QED) is 0.794. The van der Waals surface area contributed by atoms with Crippen LogP contribution in [0.4, 0.5) is 0 Å². The number of nitrogens with one attached hydrogen (secondary N) is 1. The van der Waals surface area contributed by atoms with Crippen molar-refractivity contribution in [3.05, 3.63) is 47.2 Å². The third-order valence-electron chi connectivity index (χ3n) is 6.33. The van der Waals surface area contributed by atoms with Crippen LogP contribution in [0.3, 0.4) is 0 Å². The normalized spacial score (nSPS) is 37.7. The standard InChI is InChI=1S/C19H22N2O/c1-2-11-9-21-17-8-14-12-5-3-4-6-16(12)20-19(14)18(21)7-13(11)15(17)10-22/h2-6,13,15,17-18,20,22H,7-10H2,1H3/b11-2-/t13-,15+,17+,18+/m1/s1. The molecule has 1 aromatic carbocycles. The predicted octanol–water partition coefficient (Wildman–Crippen LogP) is 3.02. The van der Waals surface area contributed by atoms with E-state index in [0.29, 0.717) is 30.5 Å². The van der Waals surface area contributed by atoms with Gasteiger partial charge in [-0.3, -0.25) is 4.90 Å². The molecule has 3 heteroatoms. The van der Waals surface area contributed by atoms with Crippen molar-refractivity contribution in [1.82, 2.24) is 9.88 Å². The van der Waals surface area contributed by atoms with Gasteiger partial charge in [0.25, 0.3) is 0 Å². The molecule has 0 saturated carbocycles. The second-order valence-electron chi connectivity index (χ2n) is 7.07. The maximum Gasteiger partial charge on any atom is 0.0514 e. The van der Waals surface area contributed by atoms with E-state index >= 15 is 0 Å². The van der Waals surface area contributed by atoms with Gasteiger partial charge in [-0.25, -0.2) is 0 Å². The van der Waals surface area contributed by atoms with E-state index in [-0.39, 0.29) is 0 Å². The Morgan fingerprint density at radius 2 is 2.23 bits per heavy atom. The van der Waals surface area contributed by atoms with Gasteiger partial charge < -0.3 is 10.1 Å². The first kappa shape index (κ1) is 12.9. The average Bonchev–Trinajstić information content (AvgIpc) is 2.93. The molecule has 3 fully saturated rings. The molecule has 1 aromatic heterocycles. The Balaban J connectivity index is 1.69. The Labute approximate surface area is 130 Å². The molecular formula is C19H22N2O. The molecule has 1 unspecified atom stereocenters. The van der Waals surface area contributed by atoms with Crippen molar-refractivity contribution in [3.8, 4) is 0 Å². The molecule has 5 atom stereocenters. The van der Waals surface area contributed by atoms with Crippen molar-refractivity contribution < 1.29 is 5.11 Å². The summed E-state index contributed by atoms with van der Waals surface area (Å²) in [5.41, 5.74) is 5.74. The van der Waals surface area contributed by atoms with Gasteiger partial charge in [0.15, 0.2) is 0 Å². The van der Waals surface area contributed by atoms with Crippen LogP contribution in [0.15, 0.2) is 35.9 Å². The topological polar surface area (TPSA) is 39.3 Å². The summed E-state index contributed by atoms with van der Waals surface area (Å²) < 4.78 is 0. The smallest absolute Gasteiger partial charge is 0.0514 e. The summed E-state index contributed by atoms with van der Waals surface area (Å²) in [5.74, 6) is 0.965. The van der Waals surface area contributed by atoms with Crippen LogP contribution in [0, 0.1) is 11.8 Å². The van der Waals surface area contributed by atoms with E-state index in [1.807, 2.05) is 0 Å². The molecule has 0 amide bonds. The molecule has 5 heterocycles. The zero-order valence-corrected chi connectivity index (χ0v) is 12.9. The number of piperidine rings is 3. The Hall–Kier alpha value is -1.58. The number of aliphatic hydroxyl groups is 1. The molecule has 0 spiro atoms. The molecular weight excluding hydrogens is 272 g/mol. The minimum atomic E-state index is 0.313. The molecule has 6 rings (SSSR count). The van der Waals surface area contributed by atoms with E-state index in [2.05, 4.69) is 47.1 Å². The van der Waals surface area contributed by atoms with Crippen LogP contribution in [0.1, 0.15) is 30.6 Å². The van der Waals surface area contributed by atoms with Crippen LogP contribution < -0.4 is 0 Å². The second-order valence-corrected chi connectivity index (χ2v) is 7.07. The number of aromatic nitrogens is 1. The van der Waals surface area contributed by atoms with Crippen molar-refractivity contribution in [1.29, 1.82) is 0 Å². The van der Waals surface area contributed by atoms with Gasteiger partial charge in [-0.1, -0.05) is 29.8 Å². The number of H-pyrrole nitrogens is 1. The highest BCUT2D eigenvalue weighted by molar-refractivity contribution is 5.85. The number of nitrogens with zero attached hydrogens (tertiary/aromatic N) is 1. The number of fused-ring (bicyclic) bond motifs is 4. The van der Waals surface area contributed by atoms with Gasteiger partial charge >= 0.3 is 0 Å². The lowest BCUT2D eigenvalue weighted by molar-refractivity contribution is -0.0503. The summed E-state index contributed by atoms with van der Waals surface area (Å²) in [7, 11) is 0. The van der Waals surface area contributed by atoms with Gasteiger partial charge in [-0.05, 0) is 37.3 Å². The van der Waals surface area contributed by atoms with Crippen LogP contribution in [0.25, 0.3) is 10.9 Å². The third-order valence-corrected chi connectivity index (χ3v) is 6.33. The molecule has 114 valence electrons. The lowest BCUT2D eigenvalue weighted by Gasteiger charge is -2.58. The number of hydrogen-bond donors (Lipinski definition) is 2. The summed E-state index contributed by atoms with van der Waals surface area (Å²) in [5, 5.41) is 11.4. The molecule has 2 N–H and O–H groups in total. The second kappa shape index (κ2) is 4.46. The lowest BCUT2D eigenvalue weighted by Crippen LogP contribution is -2.60. The van der Waals surface area contributed by atoms with Crippen molar-refractivity contribution in [2.45, 2.75) is 31.8 Å². The minimum absolute atomic E-state index is 0.313. The summed E-state index contributed by atoms with van der Waals surface area (Å²) in [6.07, 6.45) is 4.51. The van der Waals surface area contributed by atoms with Crippen molar-refractivity contribution in [2.24, 2.45) is 11.8 Å². The fourth-order valence-corrected chi connectivity index (χ4v) is 5.32. The van der Waals surface area contributed by atoms with E-state index in [4.69, 9.17) is 0 Å². The lowest BCUT2D eigenvalue weighted by atomic mass is 9.64. The number of allylic oxidation sites excluding steroid dienone is 1. The van der Waals surface area contributed by atoms with Crippen molar-refractivity contribution in [3.63, 3.8) is 0 Å². The zero-order valence-electron chi connectivity index (χ0n) is 12.9. The molecule has 0 radical (unpaired) electrons. The fraction of sp³-hybridized carbons (Fsp3) is 0.474. The van der Waals surface area contributed by atoms with Gasteiger partial charge in [-0.2, -0.15) is 0 Å². The first-order valence-electron chi connectivity index (χ1n) is 8.43. The summed E-state index contributed by atoms with van der Waals surface area (Å²) in [6.45, 7) is 3.55. The molecule has 22 heavy (non-hydrogen) atoms. The highest BCUT2D eigenvalue weighted by atomic mass is 16.3. The number of hydrogen-bond acceptors (Lipinski definition) is 2. The van der Waals surface area contributed by atoms with Gasteiger partial charge in [0.1, 0.15) is 0 Å². The molecule has 2 aromatic rings. The highest BCUT2D eigenvalue weighted by Gasteiger charge is 2.52. The summed E-state index contributed by atoms with van der Waals surface area (Å²) in [4.78, 5) is 6.35. The number of aromatic amines is 1. The number of benzene rings is 1. The summed E-state index contributed by atoms with van der Waals surface area (Å²) in [6, 6.07) is 9.68. The molecule has 3 nitrogen and oxygen atoms in total. The third kappa shape index (κ3) is 1.48. The van der Waals surface area contributed by atoms with Gasteiger partial charge in [-0.15, -0.1) is 0 Å². The number of para-hydroxylation sites is 1. The molecule has 0 aliphatic carbocycles. The Morgan fingerprint density at radius 3 is 3.05 bits per heavy atom. The molecule has 4 aliphatic rings. The van der Waals surface area contributed by atoms with Gasteiger partial charge in [0.05, 0.1) is 6.04 Å². The summed E-state index contributed by atoms with van der Waals surface area (Å²) >= 11 is 0. The number of rotatable bonds is 1. The number of aliphatic hydroxyl groups excluding tert-OH is 1. The fourth-order valence-electron chi connectivity index (χ4n) is 5.32. The Bertz CT molecular complexity index is 775. The zero-order chi connectivity index (χ0) is 14.8. The van der Waals surface area contributed by atoms with Crippen molar-refractivity contribution >= 4 is 10.9 Å². The molecule has 4 bridgehead atoms. The van der Waals surface area contributed by atoms with Crippen LogP contribution in [-0.2, 0) is 6.42 Å². The first-order chi connectivity index (χ1) is 10.8. The van der Waals surface area contributed by atoms with E-state index < -0.39 is 0 Å². The SMILES string of the molecule is C/C=C1/CN2[C@H]3C[C@H]1[C@H](CO)[C@@H]2Cc1c3[nH]c2ccccc12. The average molecular weight is 294 g/mol. The van der Waals surface area contributed by atoms with Crippen LogP contribution in [0.2, 0.25) is 0 Å². The maximum atomic E-state index is 9.99. The van der Waals surface area contributed by atoms with E-state index in [1.54, 1.807) is 0 Å². The van der Waals surface area contributed by atoms with Crippen molar-refractivity contribution in [2.75, 3.05) is 13.2 Å². The van der Waals surface area contributed by atoms with E-state index in [9.17, 15) is 5.11 Å². The molecule has 3 saturated heterocycles. The minimum Gasteiger partial charge on any atom is -0.396 e. The van der Waals surface area contributed by atoms with Gasteiger partial charge in [0, 0.05) is 41.7 Å². The Kier molecular flexibility index (Phi) is 2.62.